The van der Waals surface area contributed by atoms with Crippen LogP contribution in [-0.4, -0.2) is 26.0 Å². The van der Waals surface area contributed by atoms with E-state index in [0.29, 0.717) is 6.54 Å². The second-order valence-electron chi connectivity index (χ2n) is 6.22. The second kappa shape index (κ2) is 5.71. The zero-order valence-electron chi connectivity index (χ0n) is 13.2. The van der Waals surface area contributed by atoms with Crippen LogP contribution in [-0.2, 0) is 9.84 Å². The van der Waals surface area contributed by atoms with Gasteiger partial charge in [0.2, 0.25) is 0 Å². The van der Waals surface area contributed by atoms with E-state index in [1.807, 2.05) is 6.07 Å². The molecule has 1 aromatic carbocycles. The zero-order chi connectivity index (χ0) is 15.8. The van der Waals surface area contributed by atoms with Crippen molar-refractivity contribution in [3.05, 3.63) is 34.7 Å². The van der Waals surface area contributed by atoms with Crippen molar-refractivity contribution in [2.24, 2.45) is 0 Å². The normalized spacial score (nSPS) is 14.5. The molecule has 0 radical (unpaired) electrons. The molecule has 0 spiro atoms. The first kappa shape index (κ1) is 16.5. The van der Waals surface area contributed by atoms with Gasteiger partial charge >= 0.3 is 0 Å². The predicted molar refractivity (Wildman–Crippen MR) is 91.9 cm³/mol. The SMILES string of the molecule is Cc1c(C(C)NCC(C)(C)S(C)(=O)=O)sc2ccccc12. The quantitative estimate of drug-likeness (QED) is 0.912. The summed E-state index contributed by atoms with van der Waals surface area (Å²) in [6.07, 6.45) is 1.30. The molecule has 1 N–H and O–H groups in total. The van der Waals surface area contributed by atoms with Gasteiger partial charge in [0.25, 0.3) is 0 Å². The fourth-order valence-electron chi connectivity index (χ4n) is 2.23. The molecule has 1 atom stereocenters. The van der Waals surface area contributed by atoms with Crippen molar-refractivity contribution in [1.82, 2.24) is 5.32 Å². The predicted octanol–water partition coefficient (Wildman–Crippen LogP) is 3.68. The van der Waals surface area contributed by atoms with Gasteiger partial charge in [0.15, 0.2) is 9.84 Å². The van der Waals surface area contributed by atoms with E-state index in [-0.39, 0.29) is 6.04 Å². The van der Waals surface area contributed by atoms with Crippen molar-refractivity contribution in [2.75, 3.05) is 12.8 Å². The number of rotatable bonds is 5. The van der Waals surface area contributed by atoms with Gasteiger partial charge in [-0.2, -0.15) is 0 Å². The smallest absolute Gasteiger partial charge is 0.153 e. The first-order valence-electron chi connectivity index (χ1n) is 7.04. The average molecular weight is 325 g/mol. The van der Waals surface area contributed by atoms with Crippen LogP contribution < -0.4 is 5.32 Å². The van der Waals surface area contributed by atoms with Gasteiger partial charge in [0.1, 0.15) is 0 Å². The van der Waals surface area contributed by atoms with Crippen molar-refractivity contribution in [3.8, 4) is 0 Å². The average Bonchev–Trinajstić information content (AvgIpc) is 2.73. The Morgan fingerprint density at radius 2 is 1.90 bits per heavy atom. The van der Waals surface area contributed by atoms with Crippen LogP contribution in [0.4, 0.5) is 0 Å². The summed E-state index contributed by atoms with van der Waals surface area (Å²) in [6.45, 7) is 8.20. The standard InChI is InChI=1S/C16H23NO2S2/c1-11-13-8-6-7-9-14(13)20-15(11)12(2)17-10-16(3,4)21(5,18)19/h6-9,12,17H,10H2,1-5H3. The van der Waals surface area contributed by atoms with E-state index in [9.17, 15) is 8.42 Å². The lowest BCUT2D eigenvalue weighted by atomic mass is 10.1. The Bertz CT molecular complexity index is 745. The Hall–Kier alpha value is -0.910. The van der Waals surface area contributed by atoms with Crippen LogP contribution in [0.15, 0.2) is 24.3 Å². The van der Waals surface area contributed by atoms with Gasteiger partial charge in [0.05, 0.1) is 4.75 Å². The minimum absolute atomic E-state index is 0.142. The Morgan fingerprint density at radius 1 is 1.29 bits per heavy atom. The molecule has 0 fully saturated rings. The fraction of sp³-hybridized carbons (Fsp3) is 0.500. The van der Waals surface area contributed by atoms with Crippen molar-refractivity contribution >= 4 is 31.3 Å². The van der Waals surface area contributed by atoms with Gasteiger partial charge in [-0.05, 0) is 44.7 Å². The Labute approximate surface area is 131 Å². The molecule has 1 unspecified atom stereocenters. The van der Waals surface area contributed by atoms with E-state index < -0.39 is 14.6 Å². The summed E-state index contributed by atoms with van der Waals surface area (Å²) in [5.74, 6) is 0. The molecule has 3 nitrogen and oxygen atoms in total. The summed E-state index contributed by atoms with van der Waals surface area (Å²) in [5, 5.41) is 4.66. The van der Waals surface area contributed by atoms with Gasteiger partial charge < -0.3 is 5.32 Å². The number of thiophene rings is 1. The lowest BCUT2D eigenvalue weighted by Crippen LogP contribution is -2.42. The van der Waals surface area contributed by atoms with Crippen LogP contribution in [0.5, 0.6) is 0 Å². The van der Waals surface area contributed by atoms with Crippen molar-refractivity contribution in [1.29, 1.82) is 0 Å². The highest BCUT2D eigenvalue weighted by molar-refractivity contribution is 7.92. The third-order valence-corrected chi connectivity index (χ3v) is 7.72. The number of benzene rings is 1. The molecule has 21 heavy (non-hydrogen) atoms. The highest BCUT2D eigenvalue weighted by Gasteiger charge is 2.30. The number of sulfone groups is 1. The number of hydrogen-bond acceptors (Lipinski definition) is 4. The molecule has 2 aromatic rings. The lowest BCUT2D eigenvalue weighted by molar-refractivity contribution is 0.491. The number of fused-ring (bicyclic) bond motifs is 1. The van der Waals surface area contributed by atoms with Crippen LogP contribution in [0.2, 0.25) is 0 Å². The number of hydrogen-bond donors (Lipinski definition) is 1. The largest absolute Gasteiger partial charge is 0.308 e. The van der Waals surface area contributed by atoms with Crippen molar-refractivity contribution in [3.63, 3.8) is 0 Å². The first-order chi connectivity index (χ1) is 9.63. The number of aryl methyl sites for hydroxylation is 1. The Kier molecular flexibility index (Phi) is 4.47. The lowest BCUT2D eigenvalue weighted by Gasteiger charge is -2.25. The molecule has 0 saturated heterocycles. The van der Waals surface area contributed by atoms with Gasteiger partial charge in [-0.1, -0.05) is 18.2 Å². The molecule has 116 valence electrons. The molecule has 0 aliphatic heterocycles. The highest BCUT2D eigenvalue weighted by atomic mass is 32.2. The van der Waals surface area contributed by atoms with Crippen LogP contribution in [0.3, 0.4) is 0 Å². The molecular formula is C16H23NO2S2. The van der Waals surface area contributed by atoms with Crippen LogP contribution in [0, 0.1) is 6.92 Å². The molecule has 2 rings (SSSR count). The van der Waals surface area contributed by atoms with E-state index >= 15 is 0 Å². The third-order valence-electron chi connectivity index (χ3n) is 4.11. The van der Waals surface area contributed by atoms with E-state index in [1.165, 1.54) is 26.8 Å². The van der Waals surface area contributed by atoms with E-state index in [1.54, 1.807) is 25.2 Å². The van der Waals surface area contributed by atoms with Crippen LogP contribution >= 0.6 is 11.3 Å². The molecule has 0 aliphatic carbocycles. The summed E-state index contributed by atoms with van der Waals surface area (Å²) in [6, 6.07) is 8.51. The summed E-state index contributed by atoms with van der Waals surface area (Å²) < 4.78 is 24.1. The van der Waals surface area contributed by atoms with Crippen LogP contribution in [0.25, 0.3) is 10.1 Å². The maximum atomic E-state index is 11.8. The van der Waals surface area contributed by atoms with E-state index in [4.69, 9.17) is 0 Å². The highest BCUT2D eigenvalue weighted by Crippen LogP contribution is 2.34. The van der Waals surface area contributed by atoms with E-state index in [2.05, 4.69) is 37.4 Å². The van der Waals surface area contributed by atoms with Gasteiger partial charge in [-0.3, -0.25) is 0 Å². The second-order valence-corrected chi connectivity index (χ2v) is 9.96. The van der Waals surface area contributed by atoms with E-state index in [0.717, 1.165) is 0 Å². The molecule has 1 heterocycles. The van der Waals surface area contributed by atoms with Crippen LogP contribution in [0.1, 0.15) is 37.3 Å². The summed E-state index contributed by atoms with van der Waals surface area (Å²) in [7, 11) is -3.07. The maximum Gasteiger partial charge on any atom is 0.153 e. The molecular weight excluding hydrogens is 302 g/mol. The van der Waals surface area contributed by atoms with Gasteiger partial charge in [-0.25, -0.2) is 8.42 Å². The minimum atomic E-state index is -3.07. The molecule has 0 saturated carbocycles. The van der Waals surface area contributed by atoms with Crippen molar-refractivity contribution < 1.29 is 8.42 Å². The Morgan fingerprint density at radius 3 is 2.48 bits per heavy atom. The Balaban J connectivity index is 2.20. The monoisotopic (exact) mass is 325 g/mol. The summed E-state index contributed by atoms with van der Waals surface area (Å²) in [4.78, 5) is 1.28. The minimum Gasteiger partial charge on any atom is -0.308 e. The summed E-state index contributed by atoms with van der Waals surface area (Å²) >= 11 is 1.78. The maximum absolute atomic E-state index is 11.8. The topological polar surface area (TPSA) is 46.2 Å². The molecule has 0 amide bonds. The first-order valence-corrected chi connectivity index (χ1v) is 9.75. The zero-order valence-corrected chi connectivity index (χ0v) is 14.9. The molecule has 0 aliphatic rings. The number of nitrogens with one attached hydrogen (secondary N) is 1. The molecule has 0 bridgehead atoms. The fourth-order valence-corrected chi connectivity index (χ4v) is 3.81. The summed E-state index contributed by atoms with van der Waals surface area (Å²) in [5.41, 5.74) is 1.28. The van der Waals surface area contributed by atoms with Gasteiger partial charge in [-0.15, -0.1) is 11.3 Å². The van der Waals surface area contributed by atoms with Crippen molar-refractivity contribution in [2.45, 2.75) is 38.5 Å². The molecule has 1 aromatic heterocycles. The van der Waals surface area contributed by atoms with Gasteiger partial charge in [0, 0.05) is 28.4 Å². The third kappa shape index (κ3) is 3.30. The molecule has 5 heteroatoms.